The highest BCUT2D eigenvalue weighted by Crippen LogP contribution is 2.33. The summed E-state index contributed by atoms with van der Waals surface area (Å²) in [6.45, 7) is 4.33. The quantitative estimate of drug-likeness (QED) is 0.531. The second-order valence-corrected chi connectivity index (χ2v) is 11.0. The molecule has 0 fully saturated rings. The number of hydrogen-bond acceptors (Lipinski definition) is 5. The number of benzene rings is 2. The van der Waals surface area contributed by atoms with Crippen molar-refractivity contribution in [1.29, 1.82) is 0 Å². The maximum absolute atomic E-state index is 13.4. The number of aromatic nitrogens is 2. The molecule has 2 atom stereocenters. The summed E-state index contributed by atoms with van der Waals surface area (Å²) in [5, 5.41) is 0. The van der Waals surface area contributed by atoms with Gasteiger partial charge in [0.1, 0.15) is 12.4 Å². The number of nitrogens with one attached hydrogen (secondary N) is 1. The van der Waals surface area contributed by atoms with Gasteiger partial charge in [0.25, 0.3) is 5.56 Å². The molecule has 3 aromatic rings. The van der Waals surface area contributed by atoms with Crippen molar-refractivity contribution >= 4 is 10.0 Å². The molecule has 0 spiro atoms. The highest BCUT2D eigenvalue weighted by molar-refractivity contribution is 7.88. The SMILES string of the molecule is CC(C)n1cnc2c(c1=O)[C@@H](Cc1cccc(OCc3ccccc3)c1)[C@@H](NS(C)(=O)=O)CC2. The molecule has 0 saturated heterocycles. The molecule has 0 aliphatic heterocycles. The van der Waals surface area contributed by atoms with Crippen LogP contribution < -0.4 is 15.0 Å². The van der Waals surface area contributed by atoms with E-state index >= 15 is 0 Å². The molecule has 4 rings (SSSR count). The van der Waals surface area contributed by atoms with E-state index in [-0.39, 0.29) is 23.6 Å². The van der Waals surface area contributed by atoms with Crippen LogP contribution in [0, 0.1) is 0 Å². The summed E-state index contributed by atoms with van der Waals surface area (Å²) in [4.78, 5) is 18.0. The summed E-state index contributed by atoms with van der Waals surface area (Å²) >= 11 is 0. The van der Waals surface area contributed by atoms with Crippen molar-refractivity contribution in [2.45, 2.75) is 57.7 Å². The molecule has 1 aliphatic carbocycles. The van der Waals surface area contributed by atoms with Crippen molar-refractivity contribution in [3.8, 4) is 5.75 Å². The van der Waals surface area contributed by atoms with E-state index in [2.05, 4.69) is 9.71 Å². The molecule has 1 heterocycles. The van der Waals surface area contributed by atoms with Crippen LogP contribution in [0.3, 0.4) is 0 Å². The monoisotopic (exact) mass is 481 g/mol. The Labute approximate surface area is 200 Å². The van der Waals surface area contributed by atoms with Gasteiger partial charge in [-0.1, -0.05) is 42.5 Å². The predicted octanol–water partition coefficient (Wildman–Crippen LogP) is 3.59. The Kier molecular flexibility index (Phi) is 7.19. The third-order valence-electron chi connectivity index (χ3n) is 6.19. The van der Waals surface area contributed by atoms with Crippen molar-refractivity contribution in [3.05, 3.63) is 93.7 Å². The average Bonchev–Trinajstić information content (AvgIpc) is 2.79. The van der Waals surface area contributed by atoms with Crippen molar-refractivity contribution in [2.75, 3.05) is 6.26 Å². The highest BCUT2D eigenvalue weighted by atomic mass is 32.2. The van der Waals surface area contributed by atoms with Crippen LogP contribution in [0.2, 0.25) is 0 Å². The van der Waals surface area contributed by atoms with Crippen LogP contribution in [-0.2, 0) is 29.5 Å². The Bertz CT molecular complexity index is 1300. The molecule has 180 valence electrons. The van der Waals surface area contributed by atoms with Crippen LogP contribution in [0.1, 0.15) is 54.6 Å². The van der Waals surface area contributed by atoms with Gasteiger partial charge in [-0.05, 0) is 56.4 Å². The van der Waals surface area contributed by atoms with E-state index in [1.54, 1.807) is 10.9 Å². The molecule has 0 radical (unpaired) electrons. The number of rotatable bonds is 8. The minimum atomic E-state index is -3.44. The molecule has 2 aromatic carbocycles. The van der Waals surface area contributed by atoms with Crippen LogP contribution in [0.25, 0.3) is 0 Å². The Morgan fingerprint density at radius 2 is 1.85 bits per heavy atom. The summed E-state index contributed by atoms with van der Waals surface area (Å²) < 4.78 is 34.6. The van der Waals surface area contributed by atoms with Crippen LogP contribution in [0.5, 0.6) is 5.75 Å². The smallest absolute Gasteiger partial charge is 0.257 e. The lowest BCUT2D eigenvalue weighted by molar-refractivity contribution is 0.305. The van der Waals surface area contributed by atoms with E-state index in [0.29, 0.717) is 31.4 Å². The number of nitrogens with zero attached hydrogens (tertiary/aromatic N) is 2. The summed E-state index contributed by atoms with van der Waals surface area (Å²) in [5.41, 5.74) is 3.32. The van der Waals surface area contributed by atoms with Gasteiger partial charge in [-0.15, -0.1) is 0 Å². The Morgan fingerprint density at radius 1 is 1.12 bits per heavy atom. The number of aryl methyl sites for hydroxylation is 1. The van der Waals surface area contributed by atoms with Gasteiger partial charge in [0.15, 0.2) is 0 Å². The minimum absolute atomic E-state index is 0.0380. The Balaban J connectivity index is 1.65. The lowest BCUT2D eigenvalue weighted by Gasteiger charge is -2.33. The van der Waals surface area contributed by atoms with Gasteiger partial charge < -0.3 is 4.74 Å². The second-order valence-electron chi connectivity index (χ2n) is 9.18. The molecule has 0 bridgehead atoms. The van der Waals surface area contributed by atoms with E-state index in [9.17, 15) is 13.2 Å². The molecular formula is C26H31N3O4S. The first-order valence-electron chi connectivity index (χ1n) is 11.5. The maximum atomic E-state index is 13.4. The lowest BCUT2D eigenvalue weighted by Crippen LogP contribution is -2.45. The maximum Gasteiger partial charge on any atom is 0.257 e. The first-order valence-corrected chi connectivity index (χ1v) is 13.4. The van der Waals surface area contributed by atoms with E-state index in [4.69, 9.17) is 4.74 Å². The molecule has 34 heavy (non-hydrogen) atoms. The summed E-state index contributed by atoms with van der Waals surface area (Å²) in [5.74, 6) is 0.407. The fourth-order valence-corrected chi connectivity index (χ4v) is 5.40. The molecule has 0 amide bonds. The zero-order valence-electron chi connectivity index (χ0n) is 19.8. The summed E-state index contributed by atoms with van der Waals surface area (Å²) in [6.07, 6.45) is 4.42. The van der Waals surface area contributed by atoms with Gasteiger partial charge in [0.2, 0.25) is 10.0 Å². The van der Waals surface area contributed by atoms with Crippen LogP contribution in [0.4, 0.5) is 0 Å². The van der Waals surface area contributed by atoms with Gasteiger partial charge in [0, 0.05) is 23.6 Å². The van der Waals surface area contributed by atoms with Gasteiger partial charge in [-0.3, -0.25) is 9.36 Å². The summed E-state index contributed by atoms with van der Waals surface area (Å²) in [6, 6.07) is 17.3. The zero-order valence-corrected chi connectivity index (χ0v) is 20.6. The molecule has 1 aromatic heterocycles. The normalized spacial score (nSPS) is 18.0. The van der Waals surface area contributed by atoms with Crippen molar-refractivity contribution in [1.82, 2.24) is 14.3 Å². The highest BCUT2D eigenvalue weighted by Gasteiger charge is 2.35. The van der Waals surface area contributed by atoms with Crippen molar-refractivity contribution < 1.29 is 13.2 Å². The molecule has 1 N–H and O–H groups in total. The largest absolute Gasteiger partial charge is 0.489 e. The molecule has 1 aliphatic rings. The first kappa shape index (κ1) is 24.2. The Morgan fingerprint density at radius 3 is 2.56 bits per heavy atom. The van der Waals surface area contributed by atoms with Gasteiger partial charge in [-0.2, -0.15) is 0 Å². The molecule has 0 saturated carbocycles. The number of fused-ring (bicyclic) bond motifs is 1. The van der Waals surface area contributed by atoms with Crippen molar-refractivity contribution in [2.24, 2.45) is 0 Å². The molecule has 8 heteroatoms. The third kappa shape index (κ3) is 5.74. The van der Waals surface area contributed by atoms with E-state index < -0.39 is 10.0 Å². The third-order valence-corrected chi connectivity index (χ3v) is 6.92. The van der Waals surface area contributed by atoms with Gasteiger partial charge in [0.05, 0.1) is 18.3 Å². The first-order chi connectivity index (χ1) is 16.2. The standard InChI is InChI=1S/C26H31N3O4S/c1-18(2)29-17-27-24-13-12-23(28-34(3,31)32)22(25(24)26(29)30)15-20-10-7-11-21(14-20)33-16-19-8-5-4-6-9-19/h4-11,14,17-18,22-23,28H,12-13,15-16H2,1-3H3/t22-,23-/m0/s1. The van der Waals surface area contributed by atoms with E-state index in [0.717, 1.165) is 28.8 Å². The van der Waals surface area contributed by atoms with E-state index in [1.807, 2.05) is 68.4 Å². The fraction of sp³-hybridized carbons (Fsp3) is 0.385. The topological polar surface area (TPSA) is 90.3 Å². The van der Waals surface area contributed by atoms with E-state index in [1.165, 1.54) is 0 Å². The van der Waals surface area contributed by atoms with Crippen LogP contribution in [0.15, 0.2) is 65.7 Å². The molecule has 7 nitrogen and oxygen atoms in total. The van der Waals surface area contributed by atoms with Crippen LogP contribution >= 0.6 is 0 Å². The van der Waals surface area contributed by atoms with Crippen LogP contribution in [-0.4, -0.2) is 30.3 Å². The number of hydrogen-bond donors (Lipinski definition) is 1. The summed E-state index contributed by atoms with van der Waals surface area (Å²) in [7, 11) is -3.44. The van der Waals surface area contributed by atoms with Gasteiger partial charge in [-0.25, -0.2) is 18.1 Å². The Hall–Kier alpha value is -2.97. The minimum Gasteiger partial charge on any atom is -0.489 e. The fourth-order valence-electron chi connectivity index (χ4n) is 4.57. The van der Waals surface area contributed by atoms with Gasteiger partial charge >= 0.3 is 0 Å². The average molecular weight is 482 g/mol. The second kappa shape index (κ2) is 10.1. The van der Waals surface area contributed by atoms with Crippen molar-refractivity contribution in [3.63, 3.8) is 0 Å². The predicted molar refractivity (Wildman–Crippen MR) is 133 cm³/mol. The molecule has 0 unspecified atom stereocenters. The molecular weight excluding hydrogens is 450 g/mol. The lowest BCUT2D eigenvalue weighted by atomic mass is 9.79. The number of ether oxygens (including phenoxy) is 1. The number of sulfonamides is 1. The zero-order chi connectivity index (χ0) is 24.3.